The van der Waals surface area contributed by atoms with E-state index in [2.05, 4.69) is 20.3 Å². The zero-order valence-electron chi connectivity index (χ0n) is 9.03. The van der Waals surface area contributed by atoms with Crippen molar-refractivity contribution >= 4 is 29.3 Å². The van der Waals surface area contributed by atoms with Crippen LogP contribution in [0.2, 0.25) is 0 Å². The average Bonchev–Trinajstić information content (AvgIpc) is 2.32. The number of aromatic hydroxyl groups is 1. The van der Waals surface area contributed by atoms with E-state index in [1.54, 1.807) is 12.1 Å². The third kappa shape index (κ3) is 2.99. The molecule has 7 nitrogen and oxygen atoms in total. The highest BCUT2D eigenvalue weighted by atomic mass is 32.2. The number of thioether (sulfide) groups is 1. The number of nitriles is 1. The van der Waals surface area contributed by atoms with E-state index in [4.69, 9.17) is 16.1 Å². The number of benzene rings is 1. The van der Waals surface area contributed by atoms with E-state index >= 15 is 0 Å². The normalized spacial score (nSPS) is 9.72. The number of thiocyanates is 1. The van der Waals surface area contributed by atoms with E-state index in [-0.39, 0.29) is 22.8 Å². The van der Waals surface area contributed by atoms with Gasteiger partial charge in [-0.2, -0.15) is 20.2 Å². The van der Waals surface area contributed by atoms with Crippen LogP contribution < -0.4 is 11.1 Å². The molecular formula is C10H8N6OS. The molecule has 90 valence electrons. The number of hydrogen-bond acceptors (Lipinski definition) is 8. The van der Waals surface area contributed by atoms with Gasteiger partial charge in [-0.1, -0.05) is 0 Å². The highest BCUT2D eigenvalue weighted by molar-refractivity contribution is 8.03. The Kier molecular flexibility index (Phi) is 3.45. The summed E-state index contributed by atoms with van der Waals surface area (Å²) in [5.41, 5.74) is 6.19. The van der Waals surface area contributed by atoms with Crippen molar-refractivity contribution in [1.29, 1.82) is 5.26 Å². The maximum absolute atomic E-state index is 9.15. The summed E-state index contributed by atoms with van der Waals surface area (Å²) in [4.78, 5) is 11.7. The Bertz CT molecular complexity index is 594. The van der Waals surface area contributed by atoms with Crippen LogP contribution in [0.1, 0.15) is 0 Å². The van der Waals surface area contributed by atoms with E-state index in [0.717, 1.165) is 11.8 Å². The topological polar surface area (TPSA) is 121 Å². The highest BCUT2D eigenvalue weighted by Crippen LogP contribution is 2.19. The highest BCUT2D eigenvalue weighted by Gasteiger charge is 2.05. The molecule has 0 fully saturated rings. The number of rotatable bonds is 3. The maximum Gasteiger partial charge on any atom is 0.233 e. The summed E-state index contributed by atoms with van der Waals surface area (Å²) in [5.74, 6) is 0.436. The van der Waals surface area contributed by atoms with Gasteiger partial charge in [0.1, 0.15) is 11.2 Å². The first-order valence-corrected chi connectivity index (χ1v) is 5.62. The fourth-order valence-corrected chi connectivity index (χ4v) is 1.54. The maximum atomic E-state index is 9.15. The summed E-state index contributed by atoms with van der Waals surface area (Å²) in [7, 11) is 0. The van der Waals surface area contributed by atoms with Crippen LogP contribution >= 0.6 is 11.8 Å². The van der Waals surface area contributed by atoms with Crippen molar-refractivity contribution < 1.29 is 5.11 Å². The molecule has 0 radical (unpaired) electrons. The first-order chi connectivity index (χ1) is 8.67. The lowest BCUT2D eigenvalue weighted by Crippen LogP contribution is -2.04. The number of nitrogen functional groups attached to an aromatic ring is 1. The van der Waals surface area contributed by atoms with Crippen LogP contribution in [-0.2, 0) is 0 Å². The van der Waals surface area contributed by atoms with Crippen LogP contribution in [0.4, 0.5) is 17.6 Å². The Morgan fingerprint density at radius 1 is 1.22 bits per heavy atom. The molecular weight excluding hydrogens is 252 g/mol. The number of anilines is 3. The molecule has 0 atom stereocenters. The van der Waals surface area contributed by atoms with Crippen molar-refractivity contribution in [3.8, 4) is 11.2 Å². The minimum atomic E-state index is 0.0315. The fraction of sp³-hybridized carbons (Fsp3) is 0. The lowest BCUT2D eigenvalue weighted by molar-refractivity contribution is 0.475. The summed E-state index contributed by atoms with van der Waals surface area (Å²) >= 11 is 0.800. The lowest BCUT2D eigenvalue weighted by atomic mass is 10.3. The number of nitrogens with two attached hydrogens (primary N) is 1. The summed E-state index contributed by atoms with van der Waals surface area (Å²) in [5, 5.41) is 22.7. The van der Waals surface area contributed by atoms with Crippen molar-refractivity contribution in [2.24, 2.45) is 0 Å². The molecule has 8 heteroatoms. The van der Waals surface area contributed by atoms with Gasteiger partial charge >= 0.3 is 0 Å². The van der Waals surface area contributed by atoms with Crippen molar-refractivity contribution in [1.82, 2.24) is 15.0 Å². The quantitative estimate of drug-likeness (QED) is 0.431. The Labute approximate surface area is 107 Å². The van der Waals surface area contributed by atoms with Crippen LogP contribution in [-0.4, -0.2) is 20.1 Å². The molecule has 18 heavy (non-hydrogen) atoms. The first-order valence-electron chi connectivity index (χ1n) is 4.81. The Hall–Kier alpha value is -2.53. The molecule has 0 bridgehead atoms. The number of hydrogen-bond donors (Lipinski definition) is 3. The second-order valence-electron chi connectivity index (χ2n) is 3.17. The standard InChI is InChI=1S/C10H8N6OS/c11-5-18-10-15-8(12)14-9(16-10)13-6-1-3-7(17)4-2-6/h1-4,17H,(H3,12,13,14,15,16). The number of aromatic nitrogens is 3. The van der Waals surface area contributed by atoms with Gasteiger partial charge in [-0.3, -0.25) is 0 Å². The largest absolute Gasteiger partial charge is 0.508 e. The van der Waals surface area contributed by atoms with E-state index in [1.807, 2.05) is 5.40 Å². The summed E-state index contributed by atoms with van der Waals surface area (Å²) in [6.45, 7) is 0. The molecule has 0 spiro atoms. The summed E-state index contributed by atoms with van der Waals surface area (Å²) in [6, 6.07) is 6.37. The molecule has 2 rings (SSSR count). The molecule has 4 N–H and O–H groups in total. The first kappa shape index (κ1) is 11.9. The van der Waals surface area contributed by atoms with Crippen LogP contribution in [0.15, 0.2) is 29.4 Å². The predicted molar refractivity (Wildman–Crippen MR) is 67.1 cm³/mol. The van der Waals surface area contributed by atoms with E-state index in [1.165, 1.54) is 12.1 Å². The van der Waals surface area contributed by atoms with Crippen LogP contribution in [0.3, 0.4) is 0 Å². The van der Waals surface area contributed by atoms with E-state index < -0.39 is 0 Å². The van der Waals surface area contributed by atoms with Gasteiger partial charge in [-0.25, -0.2) is 0 Å². The van der Waals surface area contributed by atoms with Gasteiger partial charge < -0.3 is 16.2 Å². The third-order valence-electron chi connectivity index (χ3n) is 1.89. The van der Waals surface area contributed by atoms with Crippen LogP contribution in [0.5, 0.6) is 5.75 Å². The number of phenolic OH excluding ortho intramolecular Hbond substituents is 1. The second kappa shape index (κ2) is 5.20. The van der Waals surface area contributed by atoms with E-state index in [9.17, 15) is 0 Å². The molecule has 0 saturated heterocycles. The van der Waals surface area contributed by atoms with Crippen LogP contribution in [0.25, 0.3) is 0 Å². The Balaban J connectivity index is 2.23. The van der Waals surface area contributed by atoms with Gasteiger partial charge in [0.25, 0.3) is 0 Å². The van der Waals surface area contributed by atoms with Gasteiger partial charge in [0.05, 0.1) is 0 Å². The fourth-order valence-electron chi connectivity index (χ4n) is 1.19. The zero-order chi connectivity index (χ0) is 13.0. The predicted octanol–water partition coefficient (Wildman–Crippen LogP) is 1.48. The van der Waals surface area contributed by atoms with Gasteiger partial charge in [0, 0.05) is 17.4 Å². The SMILES string of the molecule is N#CSc1nc(N)nc(Nc2ccc(O)cc2)n1. The number of nitrogens with one attached hydrogen (secondary N) is 1. The zero-order valence-corrected chi connectivity index (χ0v) is 9.85. The van der Waals surface area contributed by atoms with E-state index in [0.29, 0.717) is 5.69 Å². The number of nitrogens with zero attached hydrogens (tertiary/aromatic N) is 4. The molecule has 0 aliphatic carbocycles. The minimum absolute atomic E-state index is 0.0315. The molecule has 0 aliphatic heterocycles. The van der Waals surface area contributed by atoms with Gasteiger partial charge in [0.2, 0.25) is 17.1 Å². The summed E-state index contributed by atoms with van der Waals surface area (Å²) in [6.07, 6.45) is 0. The number of phenols is 1. The molecule has 0 amide bonds. The van der Waals surface area contributed by atoms with Gasteiger partial charge in [0.15, 0.2) is 0 Å². The molecule has 0 aliphatic rings. The molecule has 1 aromatic carbocycles. The Morgan fingerprint density at radius 2 is 1.94 bits per heavy atom. The molecule has 0 saturated carbocycles. The van der Waals surface area contributed by atoms with Crippen molar-refractivity contribution in [2.75, 3.05) is 11.1 Å². The molecule has 0 unspecified atom stereocenters. The third-order valence-corrected chi connectivity index (χ3v) is 2.35. The van der Waals surface area contributed by atoms with Crippen LogP contribution in [0, 0.1) is 10.7 Å². The second-order valence-corrected chi connectivity index (χ2v) is 3.92. The van der Waals surface area contributed by atoms with Crippen molar-refractivity contribution in [2.45, 2.75) is 5.16 Å². The summed E-state index contributed by atoms with van der Waals surface area (Å²) < 4.78 is 0. The molecule has 1 aromatic heterocycles. The van der Waals surface area contributed by atoms with Gasteiger partial charge in [-0.05, 0) is 24.3 Å². The minimum Gasteiger partial charge on any atom is -0.508 e. The molecule has 1 heterocycles. The van der Waals surface area contributed by atoms with Crippen molar-refractivity contribution in [3.05, 3.63) is 24.3 Å². The smallest absolute Gasteiger partial charge is 0.233 e. The average molecular weight is 260 g/mol. The Morgan fingerprint density at radius 3 is 2.61 bits per heavy atom. The monoisotopic (exact) mass is 260 g/mol. The molecule has 2 aromatic rings. The van der Waals surface area contributed by atoms with Crippen molar-refractivity contribution in [3.63, 3.8) is 0 Å². The lowest BCUT2D eigenvalue weighted by Gasteiger charge is -2.05. The van der Waals surface area contributed by atoms with Gasteiger partial charge in [-0.15, -0.1) is 0 Å².